The fourth-order valence-corrected chi connectivity index (χ4v) is 11.4. The first-order valence-electron chi connectivity index (χ1n) is 18.1. The molecule has 0 radical (unpaired) electrons. The van der Waals surface area contributed by atoms with Gasteiger partial charge in [0.05, 0.1) is 0 Å². The van der Waals surface area contributed by atoms with Crippen molar-refractivity contribution >= 4 is 3.71 Å². The topological polar surface area (TPSA) is 0 Å². The number of fused-ring (bicyclic) bond motifs is 8. The third-order valence-electron chi connectivity index (χ3n) is 15.1. The maximum Gasteiger partial charge on any atom is -1.00 e. The van der Waals surface area contributed by atoms with E-state index in [4.69, 9.17) is 0 Å². The predicted octanol–water partition coefficient (Wildman–Crippen LogP) is 6.31. The molecule has 0 heterocycles. The van der Waals surface area contributed by atoms with Crippen molar-refractivity contribution in [2.75, 3.05) is 0 Å². The zero-order chi connectivity index (χ0) is 35.6. The van der Waals surface area contributed by atoms with Crippen molar-refractivity contribution in [1.82, 2.24) is 0 Å². The van der Waals surface area contributed by atoms with Crippen molar-refractivity contribution in [2.24, 2.45) is 55.2 Å². The van der Waals surface area contributed by atoms with Crippen molar-refractivity contribution in [1.29, 1.82) is 0 Å². The first kappa shape index (κ1) is 42.9. The smallest absolute Gasteiger partial charge is 1.00 e. The minimum atomic E-state index is 0. The number of allylic oxidation sites excluding steroid dienone is 16. The molecule has 1 aromatic rings. The molecule has 0 bridgehead atoms. The number of rotatable bonds is 1. The van der Waals surface area contributed by atoms with Crippen molar-refractivity contribution in [2.45, 2.75) is 90.0 Å². The summed E-state index contributed by atoms with van der Waals surface area (Å²) in [5, 5.41) is 0. The summed E-state index contributed by atoms with van der Waals surface area (Å²) in [7, 11) is 0. The van der Waals surface area contributed by atoms with Crippen LogP contribution in [-0.2, 0) is 24.2 Å². The van der Waals surface area contributed by atoms with Gasteiger partial charge in [-0.05, 0) is 28.6 Å². The van der Waals surface area contributed by atoms with Gasteiger partial charge < -0.3 is 31.2 Å². The quantitative estimate of drug-likeness (QED) is 0.293. The van der Waals surface area contributed by atoms with Gasteiger partial charge in [0, 0.05) is 10.8 Å². The van der Waals surface area contributed by atoms with Crippen LogP contribution in [0.2, 0.25) is 0 Å². The molecule has 3 heteroatoms. The molecule has 9 atom stereocenters. The van der Waals surface area contributed by atoms with Gasteiger partial charge in [-0.3, -0.25) is 6.08 Å². The van der Waals surface area contributed by atoms with Crippen LogP contribution in [-0.4, -0.2) is 3.71 Å². The van der Waals surface area contributed by atoms with E-state index in [2.05, 4.69) is 209 Å². The molecule has 7 rings (SSSR count). The minimum absolute atomic E-state index is 0. The standard InChI is InChI=1S/C29H37.C10H15.C8H8.2ClH.Zr/c1-21-14-13-15-22-20-27(6)25(4)18-10-9-16-23(25,2)24(3)17-11-12-19-26(24,5)29(27,8)28(21,22)7;1-8-5-6-9(7-8)10(2,3)4;1-7-3-5-8(2)6-4-7;;;/h9-20,22H,1-8H3;6-8H,1-4H3;1,3-6H,2H3;2*1H;/q2*-1;;;;+2/p-2. The average Bonchev–Trinajstić information content (AvgIpc) is 3.56. The summed E-state index contributed by atoms with van der Waals surface area (Å²) in [5.41, 5.74) is 6.12. The second-order valence-electron chi connectivity index (χ2n) is 17.7. The van der Waals surface area contributed by atoms with E-state index in [1.54, 1.807) is 0 Å². The Hall–Kier alpha value is -1.53. The van der Waals surface area contributed by atoms with Gasteiger partial charge in [-0.2, -0.15) is 11.6 Å². The maximum atomic E-state index is 3.26. The zero-order valence-corrected chi connectivity index (χ0v) is 36.9. The summed E-state index contributed by atoms with van der Waals surface area (Å²) in [6.45, 7) is 31.3. The van der Waals surface area contributed by atoms with Crippen molar-refractivity contribution < 1.29 is 49.0 Å². The summed E-state index contributed by atoms with van der Waals surface area (Å²) in [6, 6.07) is 8.56. The molecule has 9 unspecified atom stereocenters. The van der Waals surface area contributed by atoms with E-state index in [0.29, 0.717) is 17.3 Å². The molecular formula is C47H60Cl2Zr-2. The maximum absolute atomic E-state index is 3.26. The Morgan fingerprint density at radius 3 is 1.70 bits per heavy atom. The molecule has 0 aromatic heterocycles. The van der Waals surface area contributed by atoms with Crippen LogP contribution in [0.25, 0.3) is 0 Å². The zero-order valence-electron chi connectivity index (χ0n) is 32.9. The van der Waals surface area contributed by atoms with Gasteiger partial charge >= 0.3 is 70.3 Å². The van der Waals surface area contributed by atoms with E-state index in [1.165, 1.54) is 46.5 Å². The molecule has 0 N–H and O–H groups in total. The van der Waals surface area contributed by atoms with Crippen molar-refractivity contribution in [3.63, 3.8) is 0 Å². The monoisotopic (exact) mass is 784 g/mol. The molecule has 6 aliphatic rings. The number of hydrogen-bond acceptors (Lipinski definition) is 0. The van der Waals surface area contributed by atoms with Gasteiger partial charge in [0.25, 0.3) is 0 Å². The third kappa shape index (κ3) is 5.73. The van der Waals surface area contributed by atoms with E-state index in [-0.39, 0.29) is 62.7 Å². The first-order chi connectivity index (χ1) is 22.2. The number of benzene rings is 1. The van der Waals surface area contributed by atoms with Gasteiger partial charge in [-0.15, -0.1) is 17.4 Å². The second-order valence-corrected chi connectivity index (χ2v) is 18.4. The Kier molecular flexibility index (Phi) is 12.3. The largest absolute Gasteiger partial charge is 1.00 e. The fraction of sp³-hybridized carbons (Fsp3) is 0.489. The summed E-state index contributed by atoms with van der Waals surface area (Å²) in [5.74, 6) is 0.982. The molecule has 0 aliphatic heterocycles. The van der Waals surface area contributed by atoms with Gasteiger partial charge in [0.1, 0.15) is 0 Å². The van der Waals surface area contributed by atoms with Crippen LogP contribution in [0.3, 0.4) is 0 Å². The van der Waals surface area contributed by atoms with Gasteiger partial charge in [0.15, 0.2) is 0 Å². The molecule has 0 spiro atoms. The normalized spacial score (nSPS) is 40.9. The third-order valence-corrected chi connectivity index (χ3v) is 15.9. The van der Waals surface area contributed by atoms with Gasteiger partial charge in [0.2, 0.25) is 0 Å². The van der Waals surface area contributed by atoms with Crippen LogP contribution >= 0.6 is 0 Å². The predicted molar refractivity (Wildman–Crippen MR) is 205 cm³/mol. The summed E-state index contributed by atoms with van der Waals surface area (Å²) in [4.78, 5) is 0. The van der Waals surface area contributed by atoms with E-state index in [0.717, 1.165) is 0 Å². The molecule has 6 aliphatic carbocycles. The van der Waals surface area contributed by atoms with Crippen LogP contribution in [0, 0.1) is 74.6 Å². The van der Waals surface area contributed by atoms with Crippen LogP contribution in [0.5, 0.6) is 0 Å². The summed E-state index contributed by atoms with van der Waals surface area (Å²) in [6.07, 6.45) is 36.9. The first-order valence-corrected chi connectivity index (χ1v) is 19.5. The number of hydrogen-bond donors (Lipinski definition) is 0. The second kappa shape index (κ2) is 14.4. The molecule has 0 saturated heterocycles. The molecule has 2 fully saturated rings. The SMILES string of the molecule is CC1=CC=CC2[CH-]C3(C)C4(C)C=CC=CC4(C)C4(C)C=CC=CC4(C)C3(C)C12C.CC1[C-]=CC(C(C)(C)C)=C1.Cc1ccc([CH]=[Zr+2])cc1.[Cl-].[Cl-]. The van der Waals surface area contributed by atoms with Crippen molar-refractivity contribution in [3.8, 4) is 0 Å². The summed E-state index contributed by atoms with van der Waals surface area (Å²) >= 11 is 1.47. The Morgan fingerprint density at radius 1 is 0.740 bits per heavy atom. The average molecular weight is 787 g/mol. The number of halogens is 2. The van der Waals surface area contributed by atoms with Crippen LogP contribution < -0.4 is 24.8 Å². The molecule has 0 nitrogen and oxygen atoms in total. The van der Waals surface area contributed by atoms with Crippen LogP contribution in [0.15, 0.2) is 114 Å². The van der Waals surface area contributed by atoms with E-state index in [1.807, 2.05) is 0 Å². The molecule has 1 aromatic carbocycles. The fourth-order valence-electron chi connectivity index (χ4n) is 11.0. The molecule has 268 valence electrons. The Morgan fingerprint density at radius 2 is 1.24 bits per heavy atom. The summed E-state index contributed by atoms with van der Waals surface area (Å²) < 4.78 is 2.19. The number of aryl methyl sites for hydroxylation is 1. The van der Waals surface area contributed by atoms with Gasteiger partial charge in [-0.1, -0.05) is 154 Å². The molecule has 50 heavy (non-hydrogen) atoms. The van der Waals surface area contributed by atoms with E-state index < -0.39 is 0 Å². The van der Waals surface area contributed by atoms with Crippen LogP contribution in [0.1, 0.15) is 94.2 Å². The van der Waals surface area contributed by atoms with Gasteiger partial charge in [-0.25, -0.2) is 6.08 Å². The van der Waals surface area contributed by atoms with Crippen molar-refractivity contribution in [3.05, 3.63) is 138 Å². The van der Waals surface area contributed by atoms with E-state index in [9.17, 15) is 0 Å². The Bertz CT molecular complexity index is 1690. The molecule has 0 amide bonds. The Balaban J connectivity index is 0.000000265. The molecule has 2 saturated carbocycles. The Labute approximate surface area is 333 Å². The van der Waals surface area contributed by atoms with Crippen LogP contribution in [0.4, 0.5) is 0 Å². The van der Waals surface area contributed by atoms with E-state index >= 15 is 0 Å². The molecular weight excluding hydrogens is 727 g/mol. The minimum Gasteiger partial charge on any atom is -1.00 e.